The lowest BCUT2D eigenvalue weighted by Crippen LogP contribution is -2.43. The summed E-state index contributed by atoms with van der Waals surface area (Å²) in [5, 5.41) is 12.6. The molecule has 22 heavy (non-hydrogen) atoms. The molecule has 0 amide bonds. The Morgan fingerprint density at radius 2 is 2.23 bits per heavy atom. The highest BCUT2D eigenvalue weighted by atomic mass is 32.1. The number of ether oxygens (including phenoxy) is 3. The van der Waals surface area contributed by atoms with Crippen LogP contribution in [0.25, 0.3) is 10.4 Å². The van der Waals surface area contributed by atoms with Crippen molar-refractivity contribution in [2.45, 2.75) is 36.9 Å². The maximum absolute atomic E-state index is 9.16. The highest BCUT2D eigenvalue weighted by Crippen LogP contribution is 2.28. The average Bonchev–Trinajstić information content (AvgIpc) is 2.55. The standard InChI is InChI=1S/C14H19N3O4S/c1-9-12(21-14(22)11(7-18)16-17-15)8-19-13(20-9)10-5-3-2-4-6-10/h2-6,9,11-14,18,22H,7-8H2,1H3/t9-,11-,12?,13?,14?/m0/s1. The van der Waals surface area contributed by atoms with Crippen LogP contribution in [0.15, 0.2) is 35.4 Å². The highest BCUT2D eigenvalue weighted by molar-refractivity contribution is 7.80. The van der Waals surface area contributed by atoms with Gasteiger partial charge in [0, 0.05) is 10.5 Å². The van der Waals surface area contributed by atoms with Gasteiger partial charge in [-0.2, -0.15) is 0 Å². The second-order valence-electron chi connectivity index (χ2n) is 4.94. The minimum atomic E-state index is -0.757. The topological polar surface area (TPSA) is 96.7 Å². The zero-order valence-corrected chi connectivity index (χ0v) is 13.0. The van der Waals surface area contributed by atoms with Gasteiger partial charge < -0.3 is 19.3 Å². The molecule has 0 aromatic heterocycles. The molecule has 0 bridgehead atoms. The summed E-state index contributed by atoms with van der Waals surface area (Å²) in [4.78, 5) is 2.67. The van der Waals surface area contributed by atoms with Gasteiger partial charge in [0.15, 0.2) is 6.29 Å². The van der Waals surface area contributed by atoms with Crippen molar-refractivity contribution in [1.82, 2.24) is 0 Å². The third-order valence-corrected chi connectivity index (χ3v) is 3.84. The maximum atomic E-state index is 9.16. The molecular formula is C14H19N3O4S. The van der Waals surface area contributed by atoms with Crippen LogP contribution in [0.5, 0.6) is 0 Å². The molecule has 1 aliphatic heterocycles. The predicted octanol–water partition coefficient (Wildman–Crippen LogP) is 2.43. The Morgan fingerprint density at radius 1 is 1.50 bits per heavy atom. The van der Waals surface area contributed by atoms with E-state index in [4.69, 9.17) is 24.8 Å². The van der Waals surface area contributed by atoms with Crippen LogP contribution in [-0.4, -0.2) is 42.0 Å². The Morgan fingerprint density at radius 3 is 2.82 bits per heavy atom. The average molecular weight is 325 g/mol. The number of benzene rings is 1. The fraction of sp³-hybridized carbons (Fsp3) is 0.571. The van der Waals surface area contributed by atoms with Gasteiger partial charge >= 0.3 is 0 Å². The number of aliphatic hydroxyl groups is 1. The van der Waals surface area contributed by atoms with Gasteiger partial charge in [-0.1, -0.05) is 35.4 Å². The number of thiol groups is 1. The monoisotopic (exact) mass is 325 g/mol. The lowest BCUT2D eigenvalue weighted by molar-refractivity contribution is -0.263. The molecule has 1 aromatic rings. The number of hydrogen-bond acceptors (Lipinski definition) is 6. The lowest BCUT2D eigenvalue weighted by Gasteiger charge is -2.36. The SMILES string of the molecule is C[C@@H]1OC(c2ccccc2)OCC1OC(S)[C@H](CO)N=[N+]=[N-]. The van der Waals surface area contributed by atoms with Gasteiger partial charge in [0.2, 0.25) is 0 Å². The van der Waals surface area contributed by atoms with Gasteiger partial charge in [-0.15, -0.1) is 12.6 Å². The Bertz CT molecular complexity index is 512. The number of azide groups is 1. The Kier molecular flexibility index (Phi) is 6.50. The third kappa shape index (κ3) is 4.36. The number of hydrogen-bond donors (Lipinski definition) is 2. The summed E-state index contributed by atoms with van der Waals surface area (Å²) in [6.45, 7) is 1.87. The first-order chi connectivity index (χ1) is 10.7. The molecule has 5 atom stereocenters. The summed E-state index contributed by atoms with van der Waals surface area (Å²) in [5.74, 6) is 0. The van der Waals surface area contributed by atoms with E-state index in [2.05, 4.69) is 22.7 Å². The Hall–Kier alpha value is -1.28. The van der Waals surface area contributed by atoms with E-state index in [0.29, 0.717) is 6.61 Å². The maximum Gasteiger partial charge on any atom is 0.184 e. The first-order valence-electron chi connectivity index (χ1n) is 6.96. The first kappa shape index (κ1) is 17.1. The fourth-order valence-corrected chi connectivity index (χ4v) is 2.40. The summed E-state index contributed by atoms with van der Waals surface area (Å²) in [5.41, 5.74) is 8.66. The third-order valence-electron chi connectivity index (χ3n) is 3.38. The Balaban J connectivity index is 1.92. The molecule has 0 aliphatic carbocycles. The van der Waals surface area contributed by atoms with E-state index in [1.807, 2.05) is 37.3 Å². The molecule has 0 saturated carbocycles. The molecule has 120 valence electrons. The smallest absolute Gasteiger partial charge is 0.184 e. The van der Waals surface area contributed by atoms with Crippen molar-refractivity contribution in [1.29, 1.82) is 0 Å². The van der Waals surface area contributed by atoms with E-state index < -0.39 is 17.8 Å². The molecule has 1 saturated heterocycles. The van der Waals surface area contributed by atoms with E-state index in [1.54, 1.807) is 0 Å². The lowest BCUT2D eigenvalue weighted by atomic mass is 10.1. The van der Waals surface area contributed by atoms with Gasteiger partial charge in [0.25, 0.3) is 0 Å². The minimum absolute atomic E-state index is 0.223. The molecule has 8 heteroatoms. The summed E-state index contributed by atoms with van der Waals surface area (Å²) in [6.07, 6.45) is -1.01. The fourth-order valence-electron chi connectivity index (χ4n) is 2.09. The van der Waals surface area contributed by atoms with Crippen LogP contribution < -0.4 is 0 Å². The van der Waals surface area contributed by atoms with Crippen LogP contribution in [-0.2, 0) is 14.2 Å². The van der Waals surface area contributed by atoms with Crippen molar-refractivity contribution in [2.24, 2.45) is 5.11 Å². The highest BCUT2D eigenvalue weighted by Gasteiger charge is 2.33. The second-order valence-corrected chi connectivity index (χ2v) is 5.45. The van der Waals surface area contributed by atoms with E-state index in [9.17, 15) is 0 Å². The number of nitrogens with zero attached hydrogens (tertiary/aromatic N) is 3. The Labute approximate surface area is 134 Å². The van der Waals surface area contributed by atoms with Crippen LogP contribution in [0.3, 0.4) is 0 Å². The molecule has 1 aliphatic rings. The van der Waals surface area contributed by atoms with Crippen molar-refractivity contribution < 1.29 is 19.3 Å². The summed E-state index contributed by atoms with van der Waals surface area (Å²) in [6, 6.07) is 8.88. The van der Waals surface area contributed by atoms with Crippen molar-refractivity contribution in [3.63, 3.8) is 0 Å². The molecule has 2 rings (SSSR count). The van der Waals surface area contributed by atoms with E-state index in [1.165, 1.54) is 0 Å². The number of aliphatic hydroxyl groups excluding tert-OH is 1. The first-order valence-corrected chi connectivity index (χ1v) is 7.48. The van der Waals surface area contributed by atoms with Crippen LogP contribution in [0.2, 0.25) is 0 Å². The molecule has 1 aromatic carbocycles. The minimum Gasteiger partial charge on any atom is -0.396 e. The van der Waals surface area contributed by atoms with E-state index in [-0.39, 0.29) is 18.8 Å². The van der Waals surface area contributed by atoms with Crippen molar-refractivity contribution in [2.75, 3.05) is 13.2 Å². The van der Waals surface area contributed by atoms with Gasteiger partial charge in [-0.25, -0.2) is 0 Å². The van der Waals surface area contributed by atoms with E-state index >= 15 is 0 Å². The van der Waals surface area contributed by atoms with Crippen LogP contribution in [0.1, 0.15) is 18.8 Å². The molecule has 1 fully saturated rings. The predicted molar refractivity (Wildman–Crippen MR) is 83.3 cm³/mol. The van der Waals surface area contributed by atoms with E-state index in [0.717, 1.165) is 5.56 Å². The quantitative estimate of drug-likeness (QED) is 0.276. The van der Waals surface area contributed by atoms with Gasteiger partial charge in [0.1, 0.15) is 11.5 Å². The van der Waals surface area contributed by atoms with Crippen molar-refractivity contribution >= 4 is 12.6 Å². The summed E-state index contributed by atoms with van der Waals surface area (Å²) >= 11 is 4.22. The van der Waals surface area contributed by atoms with Crippen LogP contribution >= 0.6 is 12.6 Å². The summed E-state index contributed by atoms with van der Waals surface area (Å²) < 4.78 is 17.2. The van der Waals surface area contributed by atoms with Crippen molar-refractivity contribution in [3.05, 3.63) is 46.3 Å². The zero-order chi connectivity index (χ0) is 15.9. The summed E-state index contributed by atoms with van der Waals surface area (Å²) in [7, 11) is 0. The zero-order valence-electron chi connectivity index (χ0n) is 12.1. The van der Waals surface area contributed by atoms with Gasteiger partial charge in [-0.3, -0.25) is 0 Å². The van der Waals surface area contributed by atoms with Gasteiger partial charge in [0.05, 0.1) is 25.4 Å². The van der Waals surface area contributed by atoms with Crippen LogP contribution in [0.4, 0.5) is 0 Å². The molecule has 0 spiro atoms. The number of rotatable bonds is 6. The van der Waals surface area contributed by atoms with Crippen LogP contribution in [0, 0.1) is 0 Å². The van der Waals surface area contributed by atoms with Gasteiger partial charge in [-0.05, 0) is 12.5 Å². The van der Waals surface area contributed by atoms with Crippen molar-refractivity contribution in [3.8, 4) is 0 Å². The molecule has 1 heterocycles. The second kappa shape index (κ2) is 8.38. The molecule has 3 unspecified atom stereocenters. The largest absolute Gasteiger partial charge is 0.396 e. The normalized spacial score (nSPS) is 27.7. The molecular weight excluding hydrogens is 306 g/mol. The molecule has 7 nitrogen and oxygen atoms in total. The molecule has 1 N–H and O–H groups in total. The molecule has 0 radical (unpaired) electrons.